The van der Waals surface area contributed by atoms with E-state index in [1.807, 2.05) is 4.90 Å². The smallest absolute Gasteiger partial charge is 0.338 e. The van der Waals surface area contributed by atoms with Crippen molar-refractivity contribution in [1.29, 1.82) is 0 Å². The van der Waals surface area contributed by atoms with Gasteiger partial charge >= 0.3 is 12.0 Å². The van der Waals surface area contributed by atoms with Crippen LogP contribution in [0, 0.1) is 0 Å². The molecule has 0 unspecified atom stereocenters. The lowest BCUT2D eigenvalue weighted by Gasteiger charge is -2.43. The molecule has 0 spiro atoms. The number of nitrogens with one attached hydrogen (secondary N) is 2. The minimum absolute atomic E-state index is 0.104. The minimum Gasteiger partial charge on any atom is -0.508 e. The Morgan fingerprint density at radius 1 is 1.00 bits per heavy atom. The number of carbonyl (C=O) groups excluding carboxylic acids is 3. The highest BCUT2D eigenvalue weighted by Gasteiger charge is 2.39. The number of amides is 3. The molecule has 2 saturated heterocycles. The van der Waals surface area contributed by atoms with E-state index in [9.17, 15) is 19.5 Å². The maximum absolute atomic E-state index is 13.7. The van der Waals surface area contributed by atoms with E-state index in [-0.39, 0.29) is 17.8 Å². The van der Waals surface area contributed by atoms with Crippen molar-refractivity contribution in [1.82, 2.24) is 10.2 Å². The van der Waals surface area contributed by atoms with Crippen molar-refractivity contribution in [3.8, 4) is 5.75 Å². The fourth-order valence-electron chi connectivity index (χ4n) is 5.72. The molecule has 0 bridgehead atoms. The van der Waals surface area contributed by atoms with Crippen molar-refractivity contribution in [3.05, 3.63) is 59.7 Å². The molecule has 9 nitrogen and oxygen atoms in total. The number of aromatic hydroxyl groups is 1. The Morgan fingerprint density at radius 3 is 2.21 bits per heavy atom. The third kappa shape index (κ3) is 7.50. The molecule has 210 valence electrons. The maximum atomic E-state index is 13.7. The predicted molar refractivity (Wildman–Crippen MR) is 150 cm³/mol. The number of likely N-dealkylation sites (tertiary alicyclic amines) is 2. The monoisotopic (exact) mass is 537 g/mol. The van der Waals surface area contributed by atoms with E-state index in [0.717, 1.165) is 22.9 Å². The Hall–Kier alpha value is -3.59. The van der Waals surface area contributed by atoms with Gasteiger partial charge in [0, 0.05) is 50.9 Å². The number of esters is 1. The standard InChI is InChI=1S/C30H40N4O5/c1-21(2)39-29(37)23-8-10-24(11-9-23)31-30(38)32-27(20-22-6-12-26(35)13-7-22)28(36)33-16-14-25(15-17-33)34(3)18-4-5-19-34/h6-13,21,25,27H,4-5,14-20H2,1-3H3,(H2-,31,32,35,37,38)/p+1/t27-/m0/s1. The van der Waals surface area contributed by atoms with Crippen molar-refractivity contribution in [2.24, 2.45) is 0 Å². The summed E-state index contributed by atoms with van der Waals surface area (Å²) in [5.41, 5.74) is 1.72. The van der Waals surface area contributed by atoms with Crippen molar-refractivity contribution in [2.45, 2.75) is 64.1 Å². The van der Waals surface area contributed by atoms with Crippen LogP contribution in [0.25, 0.3) is 0 Å². The van der Waals surface area contributed by atoms with E-state index in [1.54, 1.807) is 62.4 Å². The van der Waals surface area contributed by atoms with E-state index < -0.39 is 18.0 Å². The van der Waals surface area contributed by atoms with Gasteiger partial charge in [-0.15, -0.1) is 0 Å². The molecule has 39 heavy (non-hydrogen) atoms. The van der Waals surface area contributed by atoms with Gasteiger partial charge in [-0.05, 0) is 55.8 Å². The van der Waals surface area contributed by atoms with E-state index >= 15 is 0 Å². The van der Waals surface area contributed by atoms with Crippen molar-refractivity contribution >= 4 is 23.6 Å². The molecule has 2 aromatic carbocycles. The first kappa shape index (κ1) is 28.4. The van der Waals surface area contributed by atoms with Crippen LogP contribution < -0.4 is 10.6 Å². The van der Waals surface area contributed by atoms with Gasteiger partial charge in [0.25, 0.3) is 0 Å². The number of ether oxygens (including phenoxy) is 1. The summed E-state index contributed by atoms with van der Waals surface area (Å²) >= 11 is 0. The molecule has 0 aromatic heterocycles. The van der Waals surface area contributed by atoms with Crippen molar-refractivity contribution in [2.75, 3.05) is 38.5 Å². The fourth-order valence-corrected chi connectivity index (χ4v) is 5.72. The summed E-state index contributed by atoms with van der Waals surface area (Å²) in [5.74, 6) is -0.383. The number of hydrogen-bond acceptors (Lipinski definition) is 5. The molecule has 0 aliphatic carbocycles. The molecule has 2 aliphatic rings. The van der Waals surface area contributed by atoms with Crippen LogP contribution in [0.1, 0.15) is 55.5 Å². The summed E-state index contributed by atoms with van der Waals surface area (Å²) in [6.45, 7) is 7.35. The van der Waals surface area contributed by atoms with Gasteiger partial charge in [-0.3, -0.25) is 4.79 Å². The number of phenols is 1. The molecule has 3 amide bonds. The topological polar surface area (TPSA) is 108 Å². The van der Waals surface area contributed by atoms with Crippen LogP contribution in [-0.4, -0.2) is 83.8 Å². The highest BCUT2D eigenvalue weighted by Crippen LogP contribution is 2.28. The summed E-state index contributed by atoms with van der Waals surface area (Å²) in [6, 6.07) is 12.4. The Balaban J connectivity index is 1.40. The Kier molecular flexibility index (Phi) is 9.12. The molecule has 0 radical (unpaired) electrons. The van der Waals surface area contributed by atoms with Gasteiger partial charge in [0.2, 0.25) is 5.91 Å². The lowest BCUT2D eigenvalue weighted by atomic mass is 9.99. The quantitative estimate of drug-likeness (QED) is 0.350. The summed E-state index contributed by atoms with van der Waals surface area (Å²) < 4.78 is 6.31. The van der Waals surface area contributed by atoms with Gasteiger partial charge < -0.3 is 29.9 Å². The summed E-state index contributed by atoms with van der Waals surface area (Å²) in [7, 11) is 2.34. The van der Waals surface area contributed by atoms with E-state index in [1.165, 1.54) is 25.9 Å². The number of quaternary nitrogens is 1. The van der Waals surface area contributed by atoms with Gasteiger partial charge in [0.05, 0.1) is 37.8 Å². The third-order valence-electron chi connectivity index (χ3n) is 7.95. The fraction of sp³-hybridized carbons (Fsp3) is 0.500. The zero-order valence-corrected chi connectivity index (χ0v) is 23.2. The van der Waals surface area contributed by atoms with Crippen LogP contribution in [0.2, 0.25) is 0 Å². The lowest BCUT2D eigenvalue weighted by molar-refractivity contribution is -0.923. The van der Waals surface area contributed by atoms with Crippen LogP contribution in [-0.2, 0) is 16.0 Å². The zero-order chi connectivity index (χ0) is 28.0. The first-order valence-corrected chi connectivity index (χ1v) is 13.9. The van der Waals surface area contributed by atoms with Gasteiger partial charge in [0.15, 0.2) is 0 Å². The molecule has 2 aliphatic heterocycles. The normalized spacial score (nSPS) is 18.0. The predicted octanol–water partition coefficient (Wildman–Crippen LogP) is 3.92. The number of carbonyl (C=O) groups is 3. The van der Waals surface area contributed by atoms with Gasteiger partial charge in [-0.2, -0.15) is 0 Å². The molecule has 3 N–H and O–H groups in total. The molecule has 2 heterocycles. The van der Waals surface area contributed by atoms with Crippen molar-refractivity contribution < 1.29 is 28.7 Å². The van der Waals surface area contributed by atoms with Crippen molar-refractivity contribution in [3.63, 3.8) is 0 Å². The third-order valence-corrected chi connectivity index (χ3v) is 7.95. The molecule has 4 rings (SSSR count). The minimum atomic E-state index is -0.761. The van der Waals surface area contributed by atoms with Crippen LogP contribution >= 0.6 is 0 Å². The van der Waals surface area contributed by atoms with Gasteiger partial charge in [-0.1, -0.05) is 12.1 Å². The second kappa shape index (κ2) is 12.5. The molecule has 9 heteroatoms. The molecule has 2 fully saturated rings. The number of anilines is 1. The number of nitrogens with zero attached hydrogens (tertiary/aromatic N) is 2. The molecular weight excluding hydrogens is 496 g/mol. The summed E-state index contributed by atoms with van der Waals surface area (Å²) in [4.78, 5) is 40.6. The molecule has 1 atom stereocenters. The first-order valence-electron chi connectivity index (χ1n) is 13.9. The molecule has 2 aromatic rings. The number of phenolic OH excluding ortho intramolecular Hbond substituents is 1. The van der Waals surface area contributed by atoms with Crippen LogP contribution in [0.15, 0.2) is 48.5 Å². The average molecular weight is 538 g/mol. The second-order valence-electron chi connectivity index (χ2n) is 11.2. The van der Waals surface area contributed by atoms with Crippen LogP contribution in [0.4, 0.5) is 10.5 Å². The number of urea groups is 1. The largest absolute Gasteiger partial charge is 0.508 e. The number of benzene rings is 2. The highest BCUT2D eigenvalue weighted by atomic mass is 16.5. The Labute approximate surface area is 230 Å². The number of rotatable bonds is 8. The highest BCUT2D eigenvalue weighted by molar-refractivity contribution is 5.95. The average Bonchev–Trinajstić information content (AvgIpc) is 3.37. The second-order valence-corrected chi connectivity index (χ2v) is 11.2. The SMILES string of the molecule is CC(C)OC(=O)c1ccc(NC(=O)N[C@@H](Cc2ccc(O)cc2)C(=O)N2CCC([N+]3(C)CCCC3)CC2)cc1. The summed E-state index contributed by atoms with van der Waals surface area (Å²) in [5, 5.41) is 15.3. The molecular formula is C30H41N4O5+. The van der Waals surface area contributed by atoms with E-state index in [0.29, 0.717) is 36.8 Å². The maximum Gasteiger partial charge on any atom is 0.338 e. The van der Waals surface area contributed by atoms with Gasteiger partial charge in [-0.25, -0.2) is 9.59 Å². The Morgan fingerprint density at radius 2 is 1.62 bits per heavy atom. The Bertz CT molecular complexity index is 1130. The first-order chi connectivity index (χ1) is 18.6. The lowest BCUT2D eigenvalue weighted by Crippen LogP contribution is -2.57. The van der Waals surface area contributed by atoms with E-state index in [2.05, 4.69) is 17.7 Å². The van der Waals surface area contributed by atoms with Crippen LogP contribution in [0.5, 0.6) is 5.75 Å². The number of piperidine rings is 1. The zero-order valence-electron chi connectivity index (χ0n) is 23.2. The van der Waals surface area contributed by atoms with Crippen LogP contribution in [0.3, 0.4) is 0 Å². The number of hydrogen-bond donors (Lipinski definition) is 3. The molecule has 0 saturated carbocycles. The van der Waals surface area contributed by atoms with Gasteiger partial charge in [0.1, 0.15) is 11.8 Å². The van der Waals surface area contributed by atoms with E-state index in [4.69, 9.17) is 4.74 Å². The summed E-state index contributed by atoms with van der Waals surface area (Å²) in [6.07, 6.45) is 4.56.